The summed E-state index contributed by atoms with van der Waals surface area (Å²) in [6.45, 7) is 0.897. The number of halogens is 21. The van der Waals surface area contributed by atoms with E-state index in [0.29, 0.717) is 0 Å². The largest absolute Gasteiger partial charge is 0.213 e. The molecule has 6 aromatic carbocycles. The van der Waals surface area contributed by atoms with Crippen molar-refractivity contribution in [2.24, 2.45) is 0 Å². The minimum atomic E-state index is -7.22. The third-order valence-electron chi connectivity index (χ3n) is 9.77. The van der Waals surface area contributed by atoms with Crippen molar-refractivity contribution in [1.82, 2.24) is 0 Å². The van der Waals surface area contributed by atoms with Gasteiger partial charge in [-0.15, -0.1) is 21.9 Å². The maximum atomic E-state index is 15.4. The Morgan fingerprint density at radius 1 is 0.333 bits per heavy atom. The molecule has 23 heteroatoms. The SMILES string of the molecule is Brc1cccc2c1ccc[n+]2Cc1ccccc1.Fc1c(F)c(F)c([B-](c2c(F)c(F)c(F)c(F)c2F)(c2c(F)c(F)c(F)c(F)c2F)c2c(F)c(F)c(F)c(F)c2F)c(F)c1F. The number of nitrogens with zero attached hydrogens (tertiary/aromatic N) is 1. The summed E-state index contributed by atoms with van der Waals surface area (Å²) in [5.41, 5.74) is -11.8. The molecule has 0 fully saturated rings. The number of hydrogen-bond donors (Lipinski definition) is 0. The molecule has 0 spiro atoms. The number of fused-ring (bicyclic) bond motifs is 1. The fraction of sp³-hybridized carbons (Fsp3) is 0.0250. The zero-order chi connectivity index (χ0) is 46.7. The molecule has 0 bridgehead atoms. The average molecular weight is 978 g/mol. The lowest BCUT2D eigenvalue weighted by molar-refractivity contribution is -0.662. The topological polar surface area (TPSA) is 3.88 Å². The van der Waals surface area contributed by atoms with Gasteiger partial charge < -0.3 is 0 Å². The maximum Gasteiger partial charge on any atom is 0.213 e. The molecule has 0 radical (unpaired) electrons. The number of benzene rings is 6. The van der Waals surface area contributed by atoms with E-state index in [1.165, 1.54) is 16.5 Å². The number of aromatic nitrogens is 1. The van der Waals surface area contributed by atoms with Crippen molar-refractivity contribution in [3.8, 4) is 0 Å². The number of rotatable bonds is 6. The first-order chi connectivity index (χ1) is 29.5. The highest BCUT2D eigenvalue weighted by atomic mass is 79.9. The van der Waals surface area contributed by atoms with E-state index < -0.39 is 144 Å². The molecule has 0 atom stereocenters. The molecule has 0 N–H and O–H groups in total. The standard InChI is InChI=1S/C24BF20.C16H13BrN/c26-5-1(6(27)14(35)21(42)13(5)34)25(2-7(28)15(36)22(43)16(37)8(2)29,3-9(30)17(38)23(44)18(39)10(3)31)4-11(32)19(40)24(45)20(41)12(4)33;17-15-9-4-10-16-14(15)8-5-11-18(16)12-13-6-2-1-3-7-13/h;1-11H,12H2/q-1;+1. The van der Waals surface area contributed by atoms with E-state index in [4.69, 9.17) is 0 Å². The maximum absolute atomic E-state index is 15.4. The van der Waals surface area contributed by atoms with Crippen molar-refractivity contribution in [2.45, 2.75) is 6.54 Å². The van der Waals surface area contributed by atoms with Crippen LogP contribution in [-0.4, -0.2) is 6.15 Å². The van der Waals surface area contributed by atoms with Crippen molar-refractivity contribution >= 4 is 54.8 Å². The molecular formula is C40H13BBrF20N. The summed E-state index contributed by atoms with van der Waals surface area (Å²) >= 11 is 3.60. The van der Waals surface area contributed by atoms with Crippen LogP contribution in [0.5, 0.6) is 0 Å². The highest BCUT2D eigenvalue weighted by molar-refractivity contribution is 9.10. The van der Waals surface area contributed by atoms with Gasteiger partial charge in [-0.1, -0.05) is 36.4 Å². The van der Waals surface area contributed by atoms with Crippen LogP contribution in [-0.2, 0) is 6.54 Å². The van der Waals surface area contributed by atoms with Crippen molar-refractivity contribution in [3.05, 3.63) is 193 Å². The van der Waals surface area contributed by atoms with Crippen molar-refractivity contribution in [3.63, 3.8) is 0 Å². The van der Waals surface area contributed by atoms with Crippen LogP contribution < -0.4 is 26.4 Å². The first-order valence-corrected chi connectivity index (χ1v) is 17.7. The van der Waals surface area contributed by atoms with Crippen LogP contribution in [0.25, 0.3) is 10.9 Å². The minimum absolute atomic E-state index is 0.897. The van der Waals surface area contributed by atoms with Gasteiger partial charge in [-0.25, -0.2) is 87.8 Å². The van der Waals surface area contributed by atoms with Crippen molar-refractivity contribution in [2.75, 3.05) is 0 Å². The zero-order valence-electron chi connectivity index (χ0n) is 30.0. The predicted molar refractivity (Wildman–Crippen MR) is 187 cm³/mol. The van der Waals surface area contributed by atoms with Crippen LogP contribution in [0.2, 0.25) is 0 Å². The Morgan fingerprint density at radius 3 is 0.952 bits per heavy atom. The minimum Gasteiger partial charge on any atom is -0.207 e. The van der Waals surface area contributed by atoms with Gasteiger partial charge in [0, 0.05) is 22.2 Å². The quantitative estimate of drug-likeness (QED) is 0.0514. The number of pyridine rings is 1. The van der Waals surface area contributed by atoms with Gasteiger partial charge in [-0.3, -0.25) is 0 Å². The molecule has 0 aliphatic heterocycles. The van der Waals surface area contributed by atoms with Gasteiger partial charge in [-0.05, 0) is 28.1 Å². The van der Waals surface area contributed by atoms with Crippen molar-refractivity contribution in [1.29, 1.82) is 0 Å². The summed E-state index contributed by atoms with van der Waals surface area (Å²) in [5, 5.41) is 1.25. The highest BCUT2D eigenvalue weighted by Crippen LogP contribution is 2.31. The molecule has 1 heterocycles. The van der Waals surface area contributed by atoms with Crippen LogP contribution in [0.4, 0.5) is 87.8 Å². The smallest absolute Gasteiger partial charge is 0.207 e. The summed E-state index contributed by atoms with van der Waals surface area (Å²) in [5.74, 6) is -71.4. The van der Waals surface area contributed by atoms with Gasteiger partial charge in [0.2, 0.25) is 5.52 Å². The first-order valence-electron chi connectivity index (χ1n) is 16.9. The molecule has 0 aliphatic rings. The lowest BCUT2D eigenvalue weighted by Gasteiger charge is -2.44. The summed E-state index contributed by atoms with van der Waals surface area (Å²) in [6, 6.07) is 21.1. The van der Waals surface area contributed by atoms with Gasteiger partial charge in [0.25, 0.3) is 0 Å². The van der Waals surface area contributed by atoms with Crippen LogP contribution in [0.3, 0.4) is 0 Å². The molecule has 1 nitrogen and oxygen atoms in total. The van der Waals surface area contributed by atoms with E-state index in [1.54, 1.807) is 0 Å². The molecule has 0 saturated carbocycles. The zero-order valence-corrected chi connectivity index (χ0v) is 31.6. The lowest BCUT2D eigenvalue weighted by atomic mass is 9.12. The highest BCUT2D eigenvalue weighted by Gasteiger charge is 2.52. The Labute approximate surface area is 346 Å². The molecule has 63 heavy (non-hydrogen) atoms. The van der Waals surface area contributed by atoms with E-state index >= 15 is 35.1 Å². The average Bonchev–Trinajstić information content (AvgIpc) is 3.27. The normalized spacial score (nSPS) is 11.6. The molecule has 1 aromatic heterocycles. The second-order valence-electron chi connectivity index (χ2n) is 13.1. The van der Waals surface area contributed by atoms with E-state index in [1.807, 2.05) is 6.07 Å². The van der Waals surface area contributed by atoms with Crippen LogP contribution in [0, 0.1) is 116 Å². The van der Waals surface area contributed by atoms with E-state index in [-0.39, 0.29) is 0 Å². The second kappa shape index (κ2) is 17.2. The van der Waals surface area contributed by atoms with Gasteiger partial charge in [-0.2, -0.15) is 4.57 Å². The van der Waals surface area contributed by atoms with Crippen molar-refractivity contribution < 1.29 is 92.4 Å². The first kappa shape index (κ1) is 46.4. The number of hydrogen-bond acceptors (Lipinski definition) is 0. The fourth-order valence-corrected chi connectivity index (χ4v) is 7.54. The lowest BCUT2D eigenvalue weighted by Crippen LogP contribution is -2.81. The Bertz CT molecular complexity index is 2620. The van der Waals surface area contributed by atoms with Crippen LogP contribution >= 0.6 is 15.9 Å². The molecule has 0 saturated heterocycles. The summed E-state index contributed by atoms with van der Waals surface area (Å²) in [4.78, 5) is 0. The molecule has 0 aliphatic carbocycles. The van der Waals surface area contributed by atoms with Gasteiger partial charge in [0.1, 0.15) is 52.7 Å². The fourth-order valence-electron chi connectivity index (χ4n) is 7.06. The third-order valence-corrected chi connectivity index (χ3v) is 10.5. The van der Waals surface area contributed by atoms with Gasteiger partial charge in [0.15, 0.2) is 82.5 Å². The summed E-state index contributed by atoms with van der Waals surface area (Å²) in [6.07, 6.45) is -5.09. The summed E-state index contributed by atoms with van der Waals surface area (Å²) in [7, 11) is 0. The molecule has 0 unspecified atom stereocenters. The molecular weight excluding hydrogens is 965 g/mol. The Morgan fingerprint density at radius 2 is 0.635 bits per heavy atom. The second-order valence-corrected chi connectivity index (χ2v) is 13.9. The monoisotopic (exact) mass is 977 g/mol. The Hall–Kier alpha value is -6.13. The van der Waals surface area contributed by atoms with E-state index in [0.717, 1.165) is 11.0 Å². The third kappa shape index (κ3) is 7.22. The van der Waals surface area contributed by atoms with E-state index in [9.17, 15) is 52.7 Å². The molecule has 328 valence electrons. The molecule has 7 aromatic rings. The Kier molecular flexibility index (Phi) is 12.7. The molecule has 7 rings (SSSR count). The Balaban J connectivity index is 0.000000302. The summed E-state index contributed by atoms with van der Waals surface area (Å²) < 4.78 is 297. The predicted octanol–water partition coefficient (Wildman–Crippen LogP) is 9.78. The molecule has 0 amide bonds. The van der Waals surface area contributed by atoms with Crippen LogP contribution in [0.1, 0.15) is 5.56 Å². The van der Waals surface area contributed by atoms with Crippen LogP contribution in [0.15, 0.2) is 71.3 Å². The van der Waals surface area contributed by atoms with E-state index in [2.05, 4.69) is 81.3 Å². The van der Waals surface area contributed by atoms with Gasteiger partial charge in [0.05, 0.1) is 5.39 Å². The van der Waals surface area contributed by atoms with Gasteiger partial charge >= 0.3 is 0 Å².